The maximum absolute atomic E-state index is 6.56. The molecule has 0 aliphatic carbocycles. The second kappa shape index (κ2) is 8.75. The molecule has 0 fully saturated rings. The van der Waals surface area contributed by atoms with Crippen LogP contribution < -0.4 is 15.2 Å². The summed E-state index contributed by atoms with van der Waals surface area (Å²) in [7, 11) is 3.23. The normalized spacial score (nSPS) is 10.9. The number of aromatic nitrogens is 3. The van der Waals surface area contributed by atoms with Crippen molar-refractivity contribution in [3.05, 3.63) is 61.1 Å². The Hall–Kier alpha value is -3.71. The van der Waals surface area contributed by atoms with Gasteiger partial charge in [0.1, 0.15) is 12.4 Å². The maximum Gasteiger partial charge on any atom is 0.223 e. The van der Waals surface area contributed by atoms with E-state index in [4.69, 9.17) is 24.9 Å². The predicted molar refractivity (Wildman–Crippen MR) is 117 cm³/mol. The number of ether oxygens (including phenoxy) is 3. The van der Waals surface area contributed by atoms with E-state index in [0.29, 0.717) is 24.8 Å². The van der Waals surface area contributed by atoms with Crippen LogP contribution in [0, 0.1) is 0 Å². The molecule has 152 valence electrons. The molecule has 0 aliphatic rings. The van der Waals surface area contributed by atoms with Gasteiger partial charge in [-0.2, -0.15) is 0 Å². The van der Waals surface area contributed by atoms with Gasteiger partial charge in [-0.3, -0.25) is 9.97 Å². The summed E-state index contributed by atoms with van der Waals surface area (Å²) in [6.45, 7) is 1.03. The van der Waals surface area contributed by atoms with E-state index in [1.54, 1.807) is 32.8 Å². The molecular weight excluding hydrogens is 380 g/mol. The van der Waals surface area contributed by atoms with E-state index in [0.717, 1.165) is 39.0 Å². The summed E-state index contributed by atoms with van der Waals surface area (Å²) < 4.78 is 16.2. The molecule has 4 rings (SSSR count). The molecule has 0 atom stereocenters. The van der Waals surface area contributed by atoms with Gasteiger partial charge in [0.2, 0.25) is 5.88 Å². The van der Waals surface area contributed by atoms with Crippen molar-refractivity contribution in [1.82, 2.24) is 15.0 Å². The van der Waals surface area contributed by atoms with Crippen molar-refractivity contribution >= 4 is 16.6 Å². The number of methoxy groups -OCH3 is 2. The highest BCUT2D eigenvalue weighted by atomic mass is 16.5. The van der Waals surface area contributed by atoms with Crippen molar-refractivity contribution in [2.24, 2.45) is 0 Å². The van der Waals surface area contributed by atoms with Gasteiger partial charge in [-0.1, -0.05) is 24.3 Å². The lowest BCUT2D eigenvalue weighted by Gasteiger charge is -2.15. The average molecular weight is 402 g/mol. The molecule has 0 unspecified atom stereocenters. The number of pyridine rings is 1. The van der Waals surface area contributed by atoms with Crippen molar-refractivity contribution in [2.75, 3.05) is 33.2 Å². The number of fused-ring (bicyclic) bond motifs is 1. The third-order valence-corrected chi connectivity index (χ3v) is 4.74. The molecular formula is C23H22N4O3. The van der Waals surface area contributed by atoms with Crippen LogP contribution in [0.3, 0.4) is 0 Å². The minimum atomic E-state index is 0.462. The summed E-state index contributed by atoms with van der Waals surface area (Å²) in [4.78, 5) is 13.2. The first-order valence-corrected chi connectivity index (χ1v) is 9.47. The molecule has 0 aliphatic heterocycles. The van der Waals surface area contributed by atoms with Crippen LogP contribution >= 0.6 is 0 Å². The van der Waals surface area contributed by atoms with Crippen LogP contribution in [0.1, 0.15) is 0 Å². The molecule has 2 aromatic carbocycles. The minimum absolute atomic E-state index is 0.462. The van der Waals surface area contributed by atoms with Gasteiger partial charge in [0.15, 0.2) is 0 Å². The predicted octanol–water partition coefficient (Wildman–Crippen LogP) is 3.97. The molecule has 7 heteroatoms. The Morgan fingerprint density at radius 3 is 2.43 bits per heavy atom. The summed E-state index contributed by atoms with van der Waals surface area (Å²) in [5, 5.41) is 0.846. The van der Waals surface area contributed by atoms with Gasteiger partial charge >= 0.3 is 0 Å². The standard InChI is InChI=1S/C23H22N4O3/c1-28-11-12-30-17-6-3-15(4-7-17)21-22(24)18-8-5-16(20-14-25-9-10-26-20)13-19(18)27-23(21)29-2/h3-10,13-14H,11-12H2,1-2H3,(H2,24,27). The van der Waals surface area contributed by atoms with Crippen LogP contribution in [-0.2, 0) is 4.74 Å². The van der Waals surface area contributed by atoms with E-state index < -0.39 is 0 Å². The zero-order valence-corrected chi connectivity index (χ0v) is 16.8. The molecule has 0 bridgehead atoms. The topological polar surface area (TPSA) is 92.4 Å². The number of rotatable bonds is 7. The van der Waals surface area contributed by atoms with E-state index in [1.807, 2.05) is 42.5 Å². The summed E-state index contributed by atoms with van der Waals surface area (Å²) >= 11 is 0. The lowest BCUT2D eigenvalue weighted by molar-refractivity contribution is 0.146. The van der Waals surface area contributed by atoms with Crippen LogP contribution in [-0.4, -0.2) is 42.4 Å². The van der Waals surface area contributed by atoms with Gasteiger partial charge in [0.05, 0.1) is 42.4 Å². The van der Waals surface area contributed by atoms with E-state index in [-0.39, 0.29) is 0 Å². The molecule has 0 spiro atoms. The fourth-order valence-electron chi connectivity index (χ4n) is 3.26. The highest BCUT2D eigenvalue weighted by Crippen LogP contribution is 2.39. The van der Waals surface area contributed by atoms with Crippen molar-refractivity contribution in [2.45, 2.75) is 0 Å². The molecule has 7 nitrogen and oxygen atoms in total. The number of benzene rings is 2. The zero-order chi connectivity index (χ0) is 20.9. The van der Waals surface area contributed by atoms with Crippen LogP contribution in [0.5, 0.6) is 11.6 Å². The Morgan fingerprint density at radius 2 is 1.73 bits per heavy atom. The molecule has 2 N–H and O–H groups in total. The minimum Gasteiger partial charge on any atom is -0.491 e. The van der Waals surface area contributed by atoms with Gasteiger partial charge in [-0.25, -0.2) is 4.98 Å². The first-order chi connectivity index (χ1) is 14.7. The Bertz CT molecular complexity index is 1150. The second-order valence-corrected chi connectivity index (χ2v) is 6.60. The number of nitrogens with two attached hydrogens (primary N) is 1. The fraction of sp³-hybridized carbons (Fsp3) is 0.174. The molecule has 4 aromatic rings. The number of nitrogen functional groups attached to an aromatic ring is 1. The average Bonchev–Trinajstić information content (AvgIpc) is 2.80. The summed E-state index contributed by atoms with van der Waals surface area (Å²) in [6.07, 6.45) is 5.02. The third kappa shape index (κ3) is 3.88. The first kappa shape index (κ1) is 19.6. The van der Waals surface area contributed by atoms with E-state index in [2.05, 4.69) is 9.97 Å². The molecule has 0 radical (unpaired) electrons. The summed E-state index contributed by atoms with van der Waals surface area (Å²) in [5.41, 5.74) is 11.2. The van der Waals surface area contributed by atoms with Crippen LogP contribution in [0.2, 0.25) is 0 Å². The third-order valence-electron chi connectivity index (χ3n) is 4.74. The largest absolute Gasteiger partial charge is 0.491 e. The van der Waals surface area contributed by atoms with E-state index >= 15 is 0 Å². The molecule has 30 heavy (non-hydrogen) atoms. The van der Waals surface area contributed by atoms with E-state index in [1.165, 1.54) is 0 Å². The molecule has 2 heterocycles. The fourth-order valence-corrected chi connectivity index (χ4v) is 3.26. The van der Waals surface area contributed by atoms with Crippen LogP contribution in [0.4, 0.5) is 5.69 Å². The number of nitrogens with zero attached hydrogens (tertiary/aromatic N) is 3. The quantitative estimate of drug-likeness (QED) is 0.468. The monoisotopic (exact) mass is 402 g/mol. The maximum atomic E-state index is 6.56. The number of anilines is 1. The van der Waals surface area contributed by atoms with Crippen molar-refractivity contribution in [3.63, 3.8) is 0 Å². The van der Waals surface area contributed by atoms with Crippen LogP contribution in [0.25, 0.3) is 33.3 Å². The second-order valence-electron chi connectivity index (χ2n) is 6.60. The van der Waals surface area contributed by atoms with Crippen molar-refractivity contribution < 1.29 is 14.2 Å². The Morgan fingerprint density at radius 1 is 0.933 bits per heavy atom. The van der Waals surface area contributed by atoms with Gasteiger partial charge < -0.3 is 19.9 Å². The molecule has 2 aromatic heterocycles. The Balaban J connectivity index is 1.74. The molecule has 0 saturated heterocycles. The highest BCUT2D eigenvalue weighted by Gasteiger charge is 2.16. The van der Waals surface area contributed by atoms with E-state index in [9.17, 15) is 0 Å². The number of hydrogen-bond donors (Lipinski definition) is 1. The molecule has 0 amide bonds. The Kier molecular flexibility index (Phi) is 5.72. The number of hydrogen-bond acceptors (Lipinski definition) is 7. The van der Waals surface area contributed by atoms with Crippen molar-refractivity contribution in [3.8, 4) is 34.0 Å². The van der Waals surface area contributed by atoms with Crippen LogP contribution in [0.15, 0.2) is 61.1 Å². The van der Waals surface area contributed by atoms with Gasteiger partial charge in [-0.05, 0) is 23.8 Å². The zero-order valence-electron chi connectivity index (χ0n) is 16.8. The van der Waals surface area contributed by atoms with Gasteiger partial charge in [-0.15, -0.1) is 0 Å². The lowest BCUT2D eigenvalue weighted by atomic mass is 10.0. The van der Waals surface area contributed by atoms with Crippen molar-refractivity contribution in [1.29, 1.82) is 0 Å². The smallest absolute Gasteiger partial charge is 0.223 e. The highest BCUT2D eigenvalue weighted by molar-refractivity contribution is 6.01. The Labute approximate surface area is 174 Å². The first-order valence-electron chi connectivity index (χ1n) is 9.47. The lowest BCUT2D eigenvalue weighted by Crippen LogP contribution is -2.04. The SMILES string of the molecule is COCCOc1ccc(-c2c(OC)nc3cc(-c4cnccn4)ccc3c2N)cc1. The molecule has 0 saturated carbocycles. The van der Waals surface area contributed by atoms with Gasteiger partial charge in [0, 0.05) is 30.5 Å². The summed E-state index contributed by atoms with van der Waals surface area (Å²) in [6, 6.07) is 13.5. The summed E-state index contributed by atoms with van der Waals surface area (Å²) in [5.74, 6) is 1.22. The van der Waals surface area contributed by atoms with Gasteiger partial charge in [0.25, 0.3) is 0 Å².